The van der Waals surface area contributed by atoms with Gasteiger partial charge in [-0.2, -0.15) is 0 Å². The molecule has 1 nitrogen and oxygen atoms in total. The van der Waals surface area contributed by atoms with Gasteiger partial charge in [-0.05, 0) is 128 Å². The zero-order valence-corrected chi connectivity index (χ0v) is 29.0. The molecule has 0 heterocycles. The number of fused-ring (bicyclic) bond motifs is 6. The first-order valence-corrected chi connectivity index (χ1v) is 17.6. The highest BCUT2D eigenvalue weighted by Gasteiger charge is 2.35. The highest BCUT2D eigenvalue weighted by Crippen LogP contribution is 2.51. The summed E-state index contributed by atoms with van der Waals surface area (Å²) in [5.41, 5.74) is 16.2. The van der Waals surface area contributed by atoms with Gasteiger partial charge in [0.1, 0.15) is 0 Å². The van der Waals surface area contributed by atoms with Crippen molar-refractivity contribution in [1.82, 2.24) is 0 Å². The first-order chi connectivity index (χ1) is 24.4. The Balaban J connectivity index is 1.32. The van der Waals surface area contributed by atoms with Crippen LogP contribution >= 0.6 is 0 Å². The minimum atomic E-state index is -0.0921. The third kappa shape index (κ3) is 4.84. The van der Waals surface area contributed by atoms with Gasteiger partial charge in [-0.15, -0.1) is 0 Å². The first kappa shape index (κ1) is 30.2. The van der Waals surface area contributed by atoms with Crippen molar-refractivity contribution in [3.05, 3.63) is 186 Å². The van der Waals surface area contributed by atoms with Crippen molar-refractivity contribution in [2.75, 3.05) is 4.90 Å². The molecule has 8 aromatic carbocycles. The number of anilines is 3. The number of aryl methyl sites for hydroxylation is 2. The van der Waals surface area contributed by atoms with Gasteiger partial charge in [0.05, 0.1) is 0 Å². The Labute approximate surface area is 295 Å². The van der Waals surface area contributed by atoms with Gasteiger partial charge in [0.25, 0.3) is 0 Å². The average Bonchev–Trinajstić information content (AvgIpc) is 3.38. The molecular formula is C49H39N. The average molecular weight is 642 g/mol. The van der Waals surface area contributed by atoms with E-state index in [2.05, 4.69) is 196 Å². The number of rotatable bonds is 5. The van der Waals surface area contributed by atoms with Crippen LogP contribution in [0.2, 0.25) is 0 Å². The van der Waals surface area contributed by atoms with Crippen molar-refractivity contribution >= 4 is 38.6 Å². The highest BCUT2D eigenvalue weighted by molar-refractivity contribution is 6.15. The van der Waals surface area contributed by atoms with Crippen LogP contribution in [0.1, 0.15) is 36.1 Å². The van der Waals surface area contributed by atoms with Crippen LogP contribution < -0.4 is 4.90 Å². The fraction of sp³-hybridized carbons (Fsp3) is 0.102. The lowest BCUT2D eigenvalue weighted by Gasteiger charge is -2.27. The summed E-state index contributed by atoms with van der Waals surface area (Å²) in [7, 11) is 0. The predicted octanol–water partition coefficient (Wildman–Crippen LogP) is 13.7. The minimum absolute atomic E-state index is 0.0921. The summed E-state index contributed by atoms with van der Waals surface area (Å²) >= 11 is 0. The van der Waals surface area contributed by atoms with Gasteiger partial charge in [0.2, 0.25) is 0 Å². The molecule has 0 unspecified atom stereocenters. The molecule has 1 aliphatic carbocycles. The van der Waals surface area contributed by atoms with Crippen LogP contribution in [0.25, 0.3) is 54.9 Å². The van der Waals surface area contributed by atoms with Crippen molar-refractivity contribution in [2.24, 2.45) is 0 Å². The van der Waals surface area contributed by atoms with Crippen molar-refractivity contribution in [3.63, 3.8) is 0 Å². The normalized spacial score (nSPS) is 13.0. The summed E-state index contributed by atoms with van der Waals surface area (Å²) in [6.45, 7) is 9.03. The molecule has 240 valence electrons. The number of nitrogens with zero attached hydrogens (tertiary/aromatic N) is 1. The monoisotopic (exact) mass is 641 g/mol. The van der Waals surface area contributed by atoms with Gasteiger partial charge < -0.3 is 4.90 Å². The van der Waals surface area contributed by atoms with Crippen LogP contribution in [0, 0.1) is 13.8 Å². The van der Waals surface area contributed by atoms with E-state index in [4.69, 9.17) is 0 Å². The summed E-state index contributed by atoms with van der Waals surface area (Å²) in [6.07, 6.45) is 0. The third-order valence-electron chi connectivity index (χ3n) is 10.8. The van der Waals surface area contributed by atoms with Gasteiger partial charge in [0.15, 0.2) is 0 Å². The fourth-order valence-corrected chi connectivity index (χ4v) is 8.13. The van der Waals surface area contributed by atoms with E-state index in [1.807, 2.05) is 0 Å². The summed E-state index contributed by atoms with van der Waals surface area (Å²) in [4.78, 5) is 2.39. The lowest BCUT2D eigenvalue weighted by Crippen LogP contribution is -2.15. The van der Waals surface area contributed by atoms with Crippen LogP contribution in [0.4, 0.5) is 17.1 Å². The molecule has 0 saturated heterocycles. The summed E-state index contributed by atoms with van der Waals surface area (Å²) < 4.78 is 0. The molecule has 0 saturated carbocycles. The second-order valence-electron chi connectivity index (χ2n) is 14.4. The Morgan fingerprint density at radius 2 is 0.940 bits per heavy atom. The van der Waals surface area contributed by atoms with Crippen LogP contribution in [0.15, 0.2) is 164 Å². The van der Waals surface area contributed by atoms with E-state index in [1.54, 1.807) is 0 Å². The van der Waals surface area contributed by atoms with Crippen molar-refractivity contribution in [1.29, 1.82) is 0 Å². The molecule has 0 spiro atoms. The largest absolute Gasteiger partial charge is 0.310 e. The standard InChI is InChI=1S/C49H39N/c1-32-17-22-36(23-18-32)50(37-24-19-33(2)20-25-37)38-26-28-42(46-29-34-11-5-6-12-39(34)40-13-7-8-14-41(40)46)45(31-38)35-21-27-44-43-15-9-10-16-47(43)49(3,4)48(44)30-35/h5-31H,1-4H3. The van der Waals surface area contributed by atoms with Gasteiger partial charge in [0, 0.05) is 22.5 Å². The van der Waals surface area contributed by atoms with Gasteiger partial charge in [-0.25, -0.2) is 0 Å². The Morgan fingerprint density at radius 1 is 0.380 bits per heavy atom. The van der Waals surface area contributed by atoms with E-state index in [1.165, 1.54) is 77.2 Å². The number of benzene rings is 8. The van der Waals surface area contributed by atoms with Crippen molar-refractivity contribution in [2.45, 2.75) is 33.1 Å². The van der Waals surface area contributed by atoms with Crippen LogP contribution in [0.3, 0.4) is 0 Å². The zero-order valence-electron chi connectivity index (χ0n) is 29.0. The number of hydrogen-bond donors (Lipinski definition) is 0. The van der Waals surface area contributed by atoms with Crippen molar-refractivity contribution in [3.8, 4) is 33.4 Å². The maximum Gasteiger partial charge on any atom is 0.0468 e. The zero-order chi connectivity index (χ0) is 34.0. The van der Waals surface area contributed by atoms with Crippen LogP contribution in [-0.4, -0.2) is 0 Å². The molecule has 0 radical (unpaired) electrons. The van der Waals surface area contributed by atoms with Gasteiger partial charge in [-0.1, -0.05) is 140 Å². The molecule has 50 heavy (non-hydrogen) atoms. The quantitative estimate of drug-likeness (QED) is 0.169. The molecule has 9 rings (SSSR count). The third-order valence-corrected chi connectivity index (χ3v) is 10.8. The molecule has 0 fully saturated rings. The predicted molar refractivity (Wildman–Crippen MR) is 214 cm³/mol. The molecule has 0 atom stereocenters. The Bertz CT molecular complexity index is 2530. The van der Waals surface area contributed by atoms with E-state index in [9.17, 15) is 0 Å². The Morgan fingerprint density at radius 3 is 1.66 bits per heavy atom. The first-order valence-electron chi connectivity index (χ1n) is 17.6. The minimum Gasteiger partial charge on any atom is -0.310 e. The summed E-state index contributed by atoms with van der Waals surface area (Å²) in [5.74, 6) is 0. The van der Waals surface area contributed by atoms with E-state index < -0.39 is 0 Å². The molecule has 0 aliphatic heterocycles. The van der Waals surface area contributed by atoms with Crippen molar-refractivity contribution < 1.29 is 0 Å². The maximum atomic E-state index is 2.46. The summed E-state index contributed by atoms with van der Waals surface area (Å²) in [5, 5.41) is 5.08. The van der Waals surface area contributed by atoms with E-state index in [0.717, 1.165) is 17.1 Å². The molecule has 8 aromatic rings. The smallest absolute Gasteiger partial charge is 0.0468 e. The second kappa shape index (κ2) is 11.6. The highest BCUT2D eigenvalue weighted by atomic mass is 15.1. The van der Waals surface area contributed by atoms with E-state index in [0.29, 0.717) is 0 Å². The van der Waals surface area contributed by atoms with Gasteiger partial charge >= 0.3 is 0 Å². The molecule has 0 aromatic heterocycles. The van der Waals surface area contributed by atoms with E-state index >= 15 is 0 Å². The van der Waals surface area contributed by atoms with Crippen LogP contribution in [-0.2, 0) is 5.41 Å². The number of hydrogen-bond acceptors (Lipinski definition) is 1. The van der Waals surface area contributed by atoms with Gasteiger partial charge in [-0.3, -0.25) is 0 Å². The molecule has 1 heteroatoms. The van der Waals surface area contributed by atoms with Crippen LogP contribution in [0.5, 0.6) is 0 Å². The SMILES string of the molecule is Cc1ccc(N(c2ccc(C)cc2)c2ccc(-c3cc4ccccc4c4ccccc34)c(-c3ccc4c(c3)C(C)(C)c3ccccc3-4)c2)cc1. The molecule has 0 bridgehead atoms. The Kier molecular flexibility index (Phi) is 7.00. The molecular weight excluding hydrogens is 603 g/mol. The fourth-order valence-electron chi connectivity index (χ4n) is 8.13. The lowest BCUT2D eigenvalue weighted by molar-refractivity contribution is 0.660. The lowest BCUT2D eigenvalue weighted by atomic mass is 9.81. The maximum absolute atomic E-state index is 2.46. The summed E-state index contributed by atoms with van der Waals surface area (Å²) in [6, 6.07) is 60.9. The second-order valence-corrected chi connectivity index (χ2v) is 14.4. The Hall–Kier alpha value is -5.92. The molecule has 1 aliphatic rings. The molecule has 0 N–H and O–H groups in total. The topological polar surface area (TPSA) is 3.24 Å². The van der Waals surface area contributed by atoms with E-state index in [-0.39, 0.29) is 5.41 Å². The molecule has 0 amide bonds.